The molecule has 0 amide bonds. The predicted molar refractivity (Wildman–Crippen MR) is 79.7 cm³/mol. The summed E-state index contributed by atoms with van der Waals surface area (Å²) < 4.78 is 1.84. The number of anilines is 1. The molecule has 3 rings (SSSR count). The van der Waals surface area contributed by atoms with Gasteiger partial charge in [0.05, 0.1) is 4.88 Å². The zero-order chi connectivity index (χ0) is 13.2. The van der Waals surface area contributed by atoms with Gasteiger partial charge in [-0.25, -0.2) is 4.98 Å². The van der Waals surface area contributed by atoms with Gasteiger partial charge in [-0.15, -0.1) is 17.9 Å². The number of aromatic nitrogens is 3. The van der Waals surface area contributed by atoms with E-state index in [1.54, 1.807) is 11.3 Å². The van der Waals surface area contributed by atoms with Gasteiger partial charge in [-0.05, 0) is 18.4 Å². The Kier molecular flexibility index (Phi) is 3.05. The van der Waals surface area contributed by atoms with Crippen molar-refractivity contribution in [3.8, 4) is 10.6 Å². The molecule has 5 heteroatoms. The number of aryl methyl sites for hydroxylation is 1. The fraction of sp³-hybridized carbons (Fsp3) is 0.143. The van der Waals surface area contributed by atoms with E-state index in [9.17, 15) is 0 Å². The molecule has 0 radical (unpaired) electrons. The van der Waals surface area contributed by atoms with Crippen molar-refractivity contribution in [3.05, 3.63) is 48.0 Å². The van der Waals surface area contributed by atoms with Gasteiger partial charge in [0.25, 0.3) is 0 Å². The number of rotatable bonds is 4. The SMILES string of the molecule is C=CCNc1cc(C)nc2cc(-c3cccs3)nn12. The third-order valence-electron chi connectivity index (χ3n) is 2.76. The molecular formula is C14H14N4S. The van der Waals surface area contributed by atoms with Crippen molar-refractivity contribution in [3.63, 3.8) is 0 Å². The summed E-state index contributed by atoms with van der Waals surface area (Å²) in [4.78, 5) is 5.66. The lowest BCUT2D eigenvalue weighted by molar-refractivity contribution is 0.932. The van der Waals surface area contributed by atoms with Crippen molar-refractivity contribution < 1.29 is 0 Å². The largest absolute Gasteiger partial charge is 0.366 e. The first-order valence-corrected chi connectivity index (χ1v) is 6.92. The van der Waals surface area contributed by atoms with Gasteiger partial charge >= 0.3 is 0 Å². The van der Waals surface area contributed by atoms with Crippen LogP contribution >= 0.6 is 11.3 Å². The normalized spacial score (nSPS) is 10.8. The van der Waals surface area contributed by atoms with Crippen molar-refractivity contribution in [2.45, 2.75) is 6.92 Å². The third-order valence-corrected chi connectivity index (χ3v) is 3.65. The van der Waals surface area contributed by atoms with E-state index in [0.29, 0.717) is 6.54 Å². The number of fused-ring (bicyclic) bond motifs is 1. The number of nitrogens with one attached hydrogen (secondary N) is 1. The number of hydrogen-bond acceptors (Lipinski definition) is 4. The van der Waals surface area contributed by atoms with E-state index in [1.165, 1.54) is 0 Å². The Hall–Kier alpha value is -2.14. The van der Waals surface area contributed by atoms with E-state index in [0.717, 1.165) is 27.7 Å². The fourth-order valence-corrected chi connectivity index (χ4v) is 2.63. The fourth-order valence-electron chi connectivity index (χ4n) is 1.95. The molecule has 1 N–H and O–H groups in total. The Morgan fingerprint density at radius 2 is 2.37 bits per heavy atom. The highest BCUT2D eigenvalue weighted by molar-refractivity contribution is 7.13. The van der Waals surface area contributed by atoms with E-state index >= 15 is 0 Å². The van der Waals surface area contributed by atoms with Gasteiger partial charge in [-0.2, -0.15) is 9.61 Å². The first-order chi connectivity index (χ1) is 9.28. The second-order valence-corrected chi connectivity index (χ2v) is 5.18. The van der Waals surface area contributed by atoms with E-state index in [4.69, 9.17) is 0 Å². The van der Waals surface area contributed by atoms with Crippen molar-refractivity contribution in [2.24, 2.45) is 0 Å². The standard InChI is InChI=1S/C14H14N4S/c1-3-6-15-13-8-10(2)16-14-9-11(17-18(13)14)12-5-4-7-19-12/h3-5,7-9,15H,1,6H2,2H3. The molecule has 0 fully saturated rings. The van der Waals surface area contributed by atoms with Crippen LogP contribution in [0.1, 0.15) is 5.69 Å². The van der Waals surface area contributed by atoms with Crippen LogP contribution in [0.3, 0.4) is 0 Å². The molecule has 0 aromatic carbocycles. The average molecular weight is 270 g/mol. The molecule has 0 aliphatic rings. The molecule has 4 nitrogen and oxygen atoms in total. The Balaban J connectivity index is 2.13. The Labute approximate surface area is 115 Å². The van der Waals surface area contributed by atoms with Gasteiger partial charge in [0.2, 0.25) is 0 Å². The van der Waals surface area contributed by atoms with Crippen molar-refractivity contribution in [2.75, 3.05) is 11.9 Å². The van der Waals surface area contributed by atoms with E-state index in [1.807, 2.05) is 35.7 Å². The van der Waals surface area contributed by atoms with Crippen LogP contribution in [0.5, 0.6) is 0 Å². The molecule has 0 aliphatic heterocycles. The molecule has 0 spiro atoms. The molecular weight excluding hydrogens is 256 g/mol. The predicted octanol–water partition coefficient (Wildman–Crippen LogP) is 3.36. The molecule has 0 saturated carbocycles. The summed E-state index contributed by atoms with van der Waals surface area (Å²) in [6.45, 7) is 6.40. The van der Waals surface area contributed by atoms with Crippen molar-refractivity contribution in [1.29, 1.82) is 0 Å². The third kappa shape index (κ3) is 2.24. The van der Waals surface area contributed by atoms with E-state index in [-0.39, 0.29) is 0 Å². The second-order valence-electron chi connectivity index (χ2n) is 4.23. The second kappa shape index (κ2) is 4.85. The number of hydrogen-bond donors (Lipinski definition) is 1. The molecule has 0 bridgehead atoms. The smallest absolute Gasteiger partial charge is 0.158 e. The maximum absolute atomic E-state index is 4.62. The van der Waals surface area contributed by atoms with Crippen LogP contribution < -0.4 is 5.32 Å². The highest BCUT2D eigenvalue weighted by Crippen LogP contribution is 2.25. The summed E-state index contributed by atoms with van der Waals surface area (Å²) in [6, 6.07) is 8.09. The minimum absolute atomic E-state index is 0.701. The highest BCUT2D eigenvalue weighted by atomic mass is 32.1. The molecule has 96 valence electrons. The summed E-state index contributed by atoms with van der Waals surface area (Å²) in [5, 5.41) is 9.95. The van der Waals surface area contributed by atoms with Crippen LogP contribution in [0, 0.1) is 6.92 Å². The lowest BCUT2D eigenvalue weighted by Gasteiger charge is -2.06. The van der Waals surface area contributed by atoms with Crippen LogP contribution in [-0.4, -0.2) is 21.1 Å². The Morgan fingerprint density at radius 1 is 1.47 bits per heavy atom. The highest BCUT2D eigenvalue weighted by Gasteiger charge is 2.09. The van der Waals surface area contributed by atoms with Crippen molar-refractivity contribution in [1.82, 2.24) is 14.6 Å². The first kappa shape index (κ1) is 11.9. The lowest BCUT2D eigenvalue weighted by Crippen LogP contribution is -2.06. The van der Waals surface area contributed by atoms with Gasteiger partial charge in [0, 0.05) is 24.4 Å². The number of nitrogens with zero attached hydrogens (tertiary/aromatic N) is 3. The maximum atomic E-state index is 4.62. The summed E-state index contributed by atoms with van der Waals surface area (Å²) in [6.07, 6.45) is 1.82. The zero-order valence-corrected chi connectivity index (χ0v) is 11.4. The summed E-state index contributed by atoms with van der Waals surface area (Å²) in [5.74, 6) is 0.935. The quantitative estimate of drug-likeness (QED) is 0.739. The van der Waals surface area contributed by atoms with Crippen LogP contribution in [0.15, 0.2) is 42.3 Å². The van der Waals surface area contributed by atoms with Gasteiger partial charge in [-0.1, -0.05) is 12.1 Å². The van der Waals surface area contributed by atoms with Gasteiger partial charge in [-0.3, -0.25) is 0 Å². The van der Waals surface area contributed by atoms with Gasteiger partial charge in [0.1, 0.15) is 11.5 Å². The maximum Gasteiger partial charge on any atom is 0.158 e. The monoisotopic (exact) mass is 270 g/mol. The van der Waals surface area contributed by atoms with Gasteiger partial charge < -0.3 is 5.32 Å². The average Bonchev–Trinajstić information content (AvgIpc) is 3.03. The summed E-state index contributed by atoms with van der Waals surface area (Å²) in [5.41, 5.74) is 2.78. The Bertz CT molecular complexity index is 712. The summed E-state index contributed by atoms with van der Waals surface area (Å²) in [7, 11) is 0. The molecule has 0 atom stereocenters. The lowest BCUT2D eigenvalue weighted by atomic mass is 10.3. The van der Waals surface area contributed by atoms with Crippen LogP contribution in [0.25, 0.3) is 16.2 Å². The van der Waals surface area contributed by atoms with Crippen LogP contribution in [-0.2, 0) is 0 Å². The zero-order valence-electron chi connectivity index (χ0n) is 10.6. The molecule has 0 unspecified atom stereocenters. The van der Waals surface area contributed by atoms with E-state index in [2.05, 4.69) is 33.4 Å². The van der Waals surface area contributed by atoms with Crippen LogP contribution in [0.2, 0.25) is 0 Å². The molecule has 0 saturated heterocycles. The van der Waals surface area contributed by atoms with Crippen LogP contribution in [0.4, 0.5) is 5.82 Å². The van der Waals surface area contributed by atoms with E-state index < -0.39 is 0 Å². The molecule has 3 aromatic heterocycles. The minimum atomic E-state index is 0.701. The first-order valence-electron chi connectivity index (χ1n) is 6.04. The topological polar surface area (TPSA) is 42.2 Å². The number of thiophene rings is 1. The van der Waals surface area contributed by atoms with Gasteiger partial charge in [0.15, 0.2) is 5.65 Å². The molecule has 3 heterocycles. The minimum Gasteiger partial charge on any atom is -0.366 e. The molecule has 19 heavy (non-hydrogen) atoms. The van der Waals surface area contributed by atoms with Crippen molar-refractivity contribution >= 4 is 22.8 Å². The molecule has 3 aromatic rings. The molecule has 0 aliphatic carbocycles. The summed E-state index contributed by atoms with van der Waals surface area (Å²) >= 11 is 1.68. The Morgan fingerprint density at radius 3 is 3.11 bits per heavy atom.